The van der Waals surface area contributed by atoms with Gasteiger partial charge < -0.3 is 9.47 Å². The summed E-state index contributed by atoms with van der Waals surface area (Å²) in [5.74, 6) is 0.312. The van der Waals surface area contributed by atoms with E-state index in [1.165, 1.54) is 12.1 Å². The minimum absolute atomic E-state index is 0.202. The van der Waals surface area contributed by atoms with Crippen LogP contribution in [0.15, 0.2) is 42.5 Å². The number of esters is 1. The molecule has 0 unspecified atom stereocenters. The van der Waals surface area contributed by atoms with E-state index in [1.54, 1.807) is 18.2 Å². The number of alkyl halides is 1. The van der Waals surface area contributed by atoms with Crippen LogP contribution < -0.4 is 9.47 Å². The fourth-order valence-electron chi connectivity index (χ4n) is 1.53. The lowest BCUT2D eigenvalue weighted by Gasteiger charge is -2.08. The first-order valence-electron chi connectivity index (χ1n) is 6.02. The standard InChI is InChI=1S/C15H11BrCl2O3/c16-8-10-1-4-12(5-2-10)20-9-15(19)21-14-6-3-11(17)7-13(14)18/h1-7H,8-9H2. The molecule has 3 nitrogen and oxygen atoms in total. The van der Waals surface area contributed by atoms with Crippen LogP contribution in [0.4, 0.5) is 0 Å². The molecule has 0 spiro atoms. The molecule has 0 aliphatic heterocycles. The van der Waals surface area contributed by atoms with Crippen molar-refractivity contribution in [2.24, 2.45) is 0 Å². The van der Waals surface area contributed by atoms with Gasteiger partial charge in [0, 0.05) is 10.4 Å². The van der Waals surface area contributed by atoms with Crippen molar-refractivity contribution in [3.63, 3.8) is 0 Å². The average molecular weight is 390 g/mol. The predicted molar refractivity (Wildman–Crippen MR) is 86.7 cm³/mol. The molecular formula is C15H11BrCl2O3. The summed E-state index contributed by atoms with van der Waals surface area (Å²) < 4.78 is 10.4. The first kappa shape index (κ1) is 16.1. The molecule has 6 heteroatoms. The van der Waals surface area contributed by atoms with Crippen molar-refractivity contribution in [1.29, 1.82) is 0 Å². The summed E-state index contributed by atoms with van der Waals surface area (Å²) in [6, 6.07) is 12.0. The Kier molecular flexibility index (Phi) is 5.91. The second-order valence-corrected chi connectivity index (χ2v) is 5.52. The second-order valence-electron chi connectivity index (χ2n) is 4.12. The Labute approximate surface area is 140 Å². The zero-order valence-electron chi connectivity index (χ0n) is 10.8. The Morgan fingerprint density at radius 3 is 2.43 bits per heavy atom. The maximum absolute atomic E-state index is 11.7. The van der Waals surface area contributed by atoms with Crippen LogP contribution in [0, 0.1) is 0 Å². The summed E-state index contributed by atoms with van der Waals surface area (Å²) in [6.45, 7) is -0.202. The van der Waals surface area contributed by atoms with Crippen LogP contribution in [0.25, 0.3) is 0 Å². The van der Waals surface area contributed by atoms with Gasteiger partial charge in [0.1, 0.15) is 11.5 Å². The minimum Gasteiger partial charge on any atom is -0.482 e. The Balaban J connectivity index is 1.89. The van der Waals surface area contributed by atoms with Gasteiger partial charge in [-0.2, -0.15) is 0 Å². The molecule has 0 amide bonds. The number of rotatable bonds is 5. The van der Waals surface area contributed by atoms with E-state index in [9.17, 15) is 4.79 Å². The zero-order valence-corrected chi connectivity index (χ0v) is 13.9. The Morgan fingerprint density at radius 1 is 1.10 bits per heavy atom. The number of ether oxygens (including phenoxy) is 2. The van der Waals surface area contributed by atoms with Crippen LogP contribution in [0.5, 0.6) is 11.5 Å². The van der Waals surface area contributed by atoms with Crippen LogP contribution >= 0.6 is 39.1 Å². The molecular weight excluding hydrogens is 379 g/mol. The number of halogens is 3. The fourth-order valence-corrected chi connectivity index (χ4v) is 2.35. The molecule has 0 heterocycles. The van der Waals surface area contributed by atoms with Gasteiger partial charge in [-0.15, -0.1) is 0 Å². The Hall–Kier alpha value is -1.23. The number of benzene rings is 2. The third-order valence-corrected chi connectivity index (χ3v) is 3.73. The maximum atomic E-state index is 11.7. The lowest BCUT2D eigenvalue weighted by molar-refractivity contribution is -0.136. The first-order chi connectivity index (χ1) is 10.1. The summed E-state index contributed by atoms with van der Waals surface area (Å²) >= 11 is 15.0. The van der Waals surface area contributed by atoms with Gasteiger partial charge in [-0.3, -0.25) is 0 Å². The van der Waals surface area contributed by atoms with Gasteiger partial charge >= 0.3 is 5.97 Å². The third kappa shape index (κ3) is 4.92. The zero-order chi connectivity index (χ0) is 15.2. The highest BCUT2D eigenvalue weighted by Gasteiger charge is 2.09. The number of hydrogen-bond donors (Lipinski definition) is 0. The van der Waals surface area contributed by atoms with E-state index in [0.717, 1.165) is 10.9 Å². The van der Waals surface area contributed by atoms with Crippen LogP contribution in [0.3, 0.4) is 0 Å². The van der Waals surface area contributed by atoms with Gasteiger partial charge in [0.2, 0.25) is 0 Å². The lowest BCUT2D eigenvalue weighted by Crippen LogP contribution is -2.17. The molecule has 110 valence electrons. The minimum atomic E-state index is -0.538. The second kappa shape index (κ2) is 7.69. The van der Waals surface area contributed by atoms with Gasteiger partial charge in [-0.25, -0.2) is 4.79 Å². The summed E-state index contributed by atoms with van der Waals surface area (Å²) in [4.78, 5) is 11.7. The number of carbonyl (C=O) groups excluding carboxylic acids is 1. The molecule has 0 fully saturated rings. The summed E-state index contributed by atoms with van der Waals surface area (Å²) in [5.41, 5.74) is 1.12. The largest absolute Gasteiger partial charge is 0.482 e. The monoisotopic (exact) mass is 388 g/mol. The molecule has 2 aromatic rings. The SMILES string of the molecule is O=C(COc1ccc(CBr)cc1)Oc1ccc(Cl)cc1Cl. The van der Waals surface area contributed by atoms with E-state index in [1.807, 2.05) is 12.1 Å². The van der Waals surface area contributed by atoms with Crippen molar-refractivity contribution < 1.29 is 14.3 Å². The quantitative estimate of drug-likeness (QED) is 0.415. The normalized spacial score (nSPS) is 10.2. The number of carbonyl (C=O) groups is 1. The first-order valence-corrected chi connectivity index (χ1v) is 7.89. The van der Waals surface area contributed by atoms with Gasteiger partial charge in [-0.1, -0.05) is 51.3 Å². The lowest BCUT2D eigenvalue weighted by atomic mass is 10.2. The molecule has 0 saturated heterocycles. The summed E-state index contributed by atoms with van der Waals surface area (Å²) in [7, 11) is 0. The van der Waals surface area contributed by atoms with Crippen molar-refractivity contribution in [1.82, 2.24) is 0 Å². The summed E-state index contributed by atoms with van der Waals surface area (Å²) in [5, 5.41) is 1.52. The van der Waals surface area contributed by atoms with Crippen molar-refractivity contribution in [3.05, 3.63) is 58.1 Å². The van der Waals surface area contributed by atoms with Crippen molar-refractivity contribution in [2.75, 3.05) is 6.61 Å². The third-order valence-electron chi connectivity index (χ3n) is 2.55. The van der Waals surface area contributed by atoms with Gasteiger partial charge in [0.05, 0.1) is 5.02 Å². The predicted octanol–water partition coefficient (Wildman–Crippen LogP) is 4.87. The highest BCUT2D eigenvalue weighted by atomic mass is 79.9. The van der Waals surface area contributed by atoms with Crippen molar-refractivity contribution >= 4 is 45.1 Å². The molecule has 2 aromatic carbocycles. The van der Waals surface area contributed by atoms with E-state index in [4.69, 9.17) is 32.7 Å². The smallest absolute Gasteiger partial charge is 0.349 e. The Bertz CT molecular complexity index is 629. The topological polar surface area (TPSA) is 35.5 Å². The van der Waals surface area contributed by atoms with E-state index < -0.39 is 5.97 Å². The van der Waals surface area contributed by atoms with E-state index >= 15 is 0 Å². The fraction of sp³-hybridized carbons (Fsp3) is 0.133. The average Bonchev–Trinajstić information content (AvgIpc) is 2.48. The molecule has 0 aliphatic rings. The molecule has 21 heavy (non-hydrogen) atoms. The highest BCUT2D eigenvalue weighted by Crippen LogP contribution is 2.27. The van der Waals surface area contributed by atoms with Crippen LogP contribution in [0.2, 0.25) is 10.0 Å². The van der Waals surface area contributed by atoms with Crippen molar-refractivity contribution in [3.8, 4) is 11.5 Å². The van der Waals surface area contributed by atoms with Crippen LogP contribution in [-0.4, -0.2) is 12.6 Å². The highest BCUT2D eigenvalue weighted by molar-refractivity contribution is 9.08. The molecule has 0 atom stereocenters. The molecule has 2 rings (SSSR count). The van der Waals surface area contributed by atoms with Crippen molar-refractivity contribution in [2.45, 2.75) is 5.33 Å². The van der Waals surface area contributed by atoms with E-state index in [2.05, 4.69) is 15.9 Å². The molecule has 0 bridgehead atoms. The molecule has 0 N–H and O–H groups in total. The van der Waals surface area contributed by atoms with Crippen LogP contribution in [-0.2, 0) is 10.1 Å². The maximum Gasteiger partial charge on any atom is 0.349 e. The summed E-state index contributed by atoms with van der Waals surface area (Å²) in [6.07, 6.45) is 0. The number of hydrogen-bond acceptors (Lipinski definition) is 3. The van der Waals surface area contributed by atoms with E-state index in [-0.39, 0.29) is 17.4 Å². The Morgan fingerprint density at radius 2 is 1.81 bits per heavy atom. The van der Waals surface area contributed by atoms with Gasteiger partial charge in [0.25, 0.3) is 0 Å². The molecule has 0 aliphatic carbocycles. The molecule has 0 saturated carbocycles. The molecule has 0 aromatic heterocycles. The van der Waals surface area contributed by atoms with Gasteiger partial charge in [-0.05, 0) is 35.9 Å². The molecule has 0 radical (unpaired) electrons. The van der Waals surface area contributed by atoms with E-state index in [0.29, 0.717) is 10.8 Å². The van der Waals surface area contributed by atoms with Crippen LogP contribution in [0.1, 0.15) is 5.56 Å². The van der Waals surface area contributed by atoms with Gasteiger partial charge in [0.15, 0.2) is 6.61 Å².